The van der Waals surface area contributed by atoms with E-state index in [1.165, 1.54) is 0 Å². The first kappa shape index (κ1) is 22.4. The maximum absolute atomic E-state index is 6.27. The number of nitrogens with two attached hydrogens (primary N) is 4. The Balaban J connectivity index is 1.33. The molecule has 0 aliphatic carbocycles. The number of nitrogen functional groups attached to an aromatic ring is 4. The molecule has 10 heteroatoms. The summed E-state index contributed by atoms with van der Waals surface area (Å²) >= 11 is 0. The molecule has 0 amide bonds. The van der Waals surface area contributed by atoms with Crippen molar-refractivity contribution in [3.05, 3.63) is 96.1 Å². The zero-order valence-corrected chi connectivity index (χ0v) is 19.2. The van der Waals surface area contributed by atoms with Gasteiger partial charge in [-0.3, -0.25) is 9.98 Å². The van der Waals surface area contributed by atoms with E-state index in [-0.39, 0.29) is 0 Å². The van der Waals surface area contributed by atoms with E-state index >= 15 is 0 Å². The molecule has 8 N–H and O–H groups in total. The molecule has 0 unspecified atom stereocenters. The third-order valence-corrected chi connectivity index (χ3v) is 5.51. The van der Waals surface area contributed by atoms with Crippen molar-refractivity contribution in [3.8, 4) is 11.4 Å². The predicted octanol–water partition coefficient (Wildman–Crippen LogP) is 3.89. The van der Waals surface area contributed by atoms with Crippen LogP contribution in [0.25, 0.3) is 11.4 Å². The van der Waals surface area contributed by atoms with Crippen molar-refractivity contribution < 1.29 is 0 Å². The minimum Gasteiger partial charge on any atom is -0.383 e. The molecule has 0 aliphatic heterocycles. The second-order valence-electron chi connectivity index (χ2n) is 7.90. The van der Waals surface area contributed by atoms with E-state index in [0.29, 0.717) is 45.8 Å². The molecule has 0 radical (unpaired) electrons. The molecule has 0 bridgehead atoms. The Morgan fingerprint density at radius 3 is 1.25 bits per heavy atom. The van der Waals surface area contributed by atoms with E-state index in [0.717, 1.165) is 11.4 Å². The van der Waals surface area contributed by atoms with Crippen molar-refractivity contribution in [1.82, 2.24) is 19.6 Å². The summed E-state index contributed by atoms with van der Waals surface area (Å²) in [7, 11) is 0. The SMILES string of the molecule is Nc1nn(-c2ccccc2)c(N)c1C=Nc1ccc(N=Cc2c(N)nn(-c3ccccc3)c2N)cc1. The summed E-state index contributed by atoms with van der Waals surface area (Å²) in [6.07, 6.45) is 3.21. The monoisotopic (exact) mass is 476 g/mol. The van der Waals surface area contributed by atoms with Gasteiger partial charge in [-0.1, -0.05) is 36.4 Å². The van der Waals surface area contributed by atoms with E-state index < -0.39 is 0 Å². The molecule has 2 heterocycles. The van der Waals surface area contributed by atoms with Crippen molar-refractivity contribution >= 4 is 47.1 Å². The first-order valence-electron chi connectivity index (χ1n) is 11.1. The molecule has 10 nitrogen and oxygen atoms in total. The van der Waals surface area contributed by atoms with E-state index in [1.807, 2.05) is 84.9 Å². The molecule has 36 heavy (non-hydrogen) atoms. The Kier molecular flexibility index (Phi) is 5.90. The summed E-state index contributed by atoms with van der Waals surface area (Å²) in [6.45, 7) is 0. The molecule has 0 saturated heterocycles. The molecule has 0 aliphatic rings. The molecule has 178 valence electrons. The number of hydrogen-bond acceptors (Lipinski definition) is 8. The summed E-state index contributed by atoms with van der Waals surface area (Å²) in [4.78, 5) is 8.97. The van der Waals surface area contributed by atoms with Crippen LogP contribution in [0, 0.1) is 0 Å². The molecular weight excluding hydrogens is 452 g/mol. The minimum absolute atomic E-state index is 0.299. The molecule has 2 aromatic heterocycles. The smallest absolute Gasteiger partial charge is 0.157 e. The lowest BCUT2D eigenvalue weighted by Gasteiger charge is -2.03. The molecular formula is C26H24N10. The van der Waals surface area contributed by atoms with Gasteiger partial charge in [0.1, 0.15) is 11.6 Å². The highest BCUT2D eigenvalue weighted by Crippen LogP contribution is 2.25. The first-order valence-corrected chi connectivity index (χ1v) is 11.1. The molecule has 0 atom stereocenters. The van der Waals surface area contributed by atoms with Gasteiger partial charge in [0, 0.05) is 12.4 Å². The Labute approximate surface area is 207 Å². The van der Waals surface area contributed by atoms with Crippen LogP contribution in [0.5, 0.6) is 0 Å². The number of hydrogen-bond donors (Lipinski definition) is 4. The summed E-state index contributed by atoms with van der Waals surface area (Å²) < 4.78 is 3.18. The summed E-state index contributed by atoms with van der Waals surface area (Å²) in [5, 5.41) is 8.65. The maximum Gasteiger partial charge on any atom is 0.157 e. The van der Waals surface area contributed by atoms with Gasteiger partial charge in [0.15, 0.2) is 11.6 Å². The third kappa shape index (κ3) is 4.38. The summed E-state index contributed by atoms with van der Waals surface area (Å²) in [6, 6.07) is 26.4. The van der Waals surface area contributed by atoms with E-state index in [1.54, 1.807) is 21.8 Å². The van der Waals surface area contributed by atoms with E-state index in [2.05, 4.69) is 20.2 Å². The predicted molar refractivity (Wildman–Crippen MR) is 146 cm³/mol. The van der Waals surface area contributed by atoms with Crippen LogP contribution in [0.15, 0.2) is 94.9 Å². The average Bonchev–Trinajstić information content (AvgIpc) is 3.36. The van der Waals surface area contributed by atoms with Gasteiger partial charge in [0.25, 0.3) is 0 Å². The molecule has 3 aromatic carbocycles. The van der Waals surface area contributed by atoms with Crippen molar-refractivity contribution in [2.75, 3.05) is 22.9 Å². The lowest BCUT2D eigenvalue weighted by Crippen LogP contribution is -2.02. The Morgan fingerprint density at radius 2 is 0.889 bits per heavy atom. The van der Waals surface area contributed by atoms with Crippen LogP contribution in [0.2, 0.25) is 0 Å². The number of aromatic nitrogens is 4. The quantitative estimate of drug-likeness (QED) is 0.271. The highest BCUT2D eigenvalue weighted by atomic mass is 15.3. The Hall–Kier alpha value is -5.38. The second kappa shape index (κ2) is 9.47. The normalized spacial score (nSPS) is 11.6. The number of aliphatic imine (C=N–C) groups is 2. The van der Waals surface area contributed by atoms with Crippen LogP contribution < -0.4 is 22.9 Å². The van der Waals surface area contributed by atoms with Gasteiger partial charge in [-0.15, -0.1) is 10.2 Å². The molecule has 0 spiro atoms. The fourth-order valence-electron chi connectivity index (χ4n) is 3.62. The zero-order chi connectivity index (χ0) is 25.1. The van der Waals surface area contributed by atoms with Crippen LogP contribution in [-0.2, 0) is 0 Å². The van der Waals surface area contributed by atoms with Crippen molar-refractivity contribution in [2.24, 2.45) is 9.98 Å². The van der Waals surface area contributed by atoms with Gasteiger partial charge < -0.3 is 22.9 Å². The number of rotatable bonds is 6. The number of benzene rings is 3. The van der Waals surface area contributed by atoms with Crippen LogP contribution in [0.3, 0.4) is 0 Å². The number of anilines is 4. The number of nitrogens with zero attached hydrogens (tertiary/aromatic N) is 6. The first-order chi connectivity index (χ1) is 17.5. The summed E-state index contributed by atoms with van der Waals surface area (Å²) in [5.41, 5.74) is 28.8. The largest absolute Gasteiger partial charge is 0.383 e. The van der Waals surface area contributed by atoms with Crippen LogP contribution in [0.1, 0.15) is 11.1 Å². The van der Waals surface area contributed by atoms with Gasteiger partial charge in [0.2, 0.25) is 0 Å². The van der Waals surface area contributed by atoms with Gasteiger partial charge in [-0.25, -0.2) is 9.36 Å². The standard InChI is InChI=1S/C26H24N10/c27-23-21(25(29)35(33-23)19-7-3-1-4-8-19)15-31-17-11-13-18(14-12-17)32-16-22-24(28)34-36(26(22)30)20-9-5-2-6-10-20/h1-16H,29-30H2,(H2,27,33)(H2,28,34). The van der Waals surface area contributed by atoms with Gasteiger partial charge >= 0.3 is 0 Å². The molecule has 0 fully saturated rings. The second-order valence-corrected chi connectivity index (χ2v) is 7.90. The lowest BCUT2D eigenvalue weighted by molar-refractivity contribution is 0.897. The fourth-order valence-corrected chi connectivity index (χ4v) is 3.62. The lowest BCUT2D eigenvalue weighted by atomic mass is 10.2. The molecule has 0 saturated carbocycles. The Bertz CT molecular complexity index is 1430. The van der Waals surface area contributed by atoms with E-state index in [4.69, 9.17) is 22.9 Å². The van der Waals surface area contributed by atoms with Crippen LogP contribution in [-0.4, -0.2) is 32.0 Å². The van der Waals surface area contributed by atoms with Crippen molar-refractivity contribution in [3.63, 3.8) is 0 Å². The summed E-state index contributed by atoms with van der Waals surface area (Å²) in [5.74, 6) is 1.42. The molecule has 5 rings (SSSR count). The topological polar surface area (TPSA) is 164 Å². The molecule has 5 aromatic rings. The highest BCUT2D eigenvalue weighted by Gasteiger charge is 2.14. The average molecular weight is 477 g/mol. The number of para-hydroxylation sites is 2. The third-order valence-electron chi connectivity index (χ3n) is 5.51. The Morgan fingerprint density at radius 1 is 0.528 bits per heavy atom. The van der Waals surface area contributed by atoms with Crippen LogP contribution >= 0.6 is 0 Å². The maximum atomic E-state index is 6.27. The van der Waals surface area contributed by atoms with Crippen molar-refractivity contribution in [1.29, 1.82) is 0 Å². The van der Waals surface area contributed by atoms with Crippen LogP contribution in [0.4, 0.5) is 34.6 Å². The zero-order valence-electron chi connectivity index (χ0n) is 19.2. The van der Waals surface area contributed by atoms with Gasteiger partial charge in [-0.2, -0.15) is 0 Å². The van der Waals surface area contributed by atoms with Crippen molar-refractivity contribution in [2.45, 2.75) is 0 Å². The van der Waals surface area contributed by atoms with Gasteiger partial charge in [0.05, 0.1) is 33.9 Å². The minimum atomic E-state index is 0.299. The fraction of sp³-hybridized carbons (Fsp3) is 0. The highest BCUT2D eigenvalue weighted by molar-refractivity contribution is 5.94. The van der Waals surface area contributed by atoms with Gasteiger partial charge in [-0.05, 0) is 48.5 Å². The van der Waals surface area contributed by atoms with E-state index in [9.17, 15) is 0 Å².